The summed E-state index contributed by atoms with van der Waals surface area (Å²) in [5, 5.41) is 0. The van der Waals surface area contributed by atoms with Gasteiger partial charge >= 0.3 is 0 Å². The molecule has 0 atom stereocenters. The lowest BCUT2D eigenvalue weighted by Crippen LogP contribution is -1.96. The summed E-state index contributed by atoms with van der Waals surface area (Å²) in [6.45, 7) is 0.392. The zero-order chi connectivity index (χ0) is 9.36. The second kappa shape index (κ2) is 6.01. The van der Waals surface area contributed by atoms with Crippen molar-refractivity contribution in [2.75, 3.05) is 6.61 Å². The van der Waals surface area contributed by atoms with E-state index in [9.17, 15) is 0 Å². The van der Waals surface area contributed by atoms with Crippen molar-refractivity contribution in [3.63, 3.8) is 0 Å². The van der Waals surface area contributed by atoms with Gasteiger partial charge in [-0.2, -0.15) is 0 Å². The minimum atomic E-state index is 0.392. The number of nitrogens with two attached hydrogens (primary N) is 1. The molecule has 0 saturated carbocycles. The maximum Gasteiger partial charge on any atom is 0.0869 e. The van der Waals surface area contributed by atoms with Gasteiger partial charge in [0.15, 0.2) is 0 Å². The van der Waals surface area contributed by atoms with Gasteiger partial charge in [-0.1, -0.05) is 30.0 Å². The number of hydrogen-bond donors (Lipinski definition) is 1. The molecule has 0 aliphatic carbocycles. The van der Waals surface area contributed by atoms with E-state index in [1.165, 1.54) is 0 Å². The molecule has 66 valence electrons. The van der Waals surface area contributed by atoms with Crippen LogP contribution in [0.15, 0.2) is 42.5 Å². The zero-order valence-electron chi connectivity index (χ0n) is 7.23. The quantitative estimate of drug-likeness (QED) is 0.543. The van der Waals surface area contributed by atoms with E-state index in [1.807, 2.05) is 30.3 Å². The molecule has 1 aromatic rings. The zero-order valence-corrected chi connectivity index (χ0v) is 7.23. The van der Waals surface area contributed by atoms with Crippen LogP contribution in [0.2, 0.25) is 0 Å². The van der Waals surface area contributed by atoms with Crippen LogP contribution in [0.1, 0.15) is 5.56 Å². The van der Waals surface area contributed by atoms with Crippen LogP contribution < -0.4 is 5.90 Å². The fourth-order valence-electron chi connectivity index (χ4n) is 0.809. The van der Waals surface area contributed by atoms with E-state index in [2.05, 4.69) is 16.7 Å². The Morgan fingerprint density at radius 2 is 2.08 bits per heavy atom. The van der Waals surface area contributed by atoms with Crippen LogP contribution in [-0.4, -0.2) is 6.61 Å². The lowest BCUT2D eigenvalue weighted by atomic mass is 10.2. The molecule has 0 heterocycles. The summed E-state index contributed by atoms with van der Waals surface area (Å²) in [5.41, 5.74) is 1.00. The van der Waals surface area contributed by atoms with Crippen LogP contribution in [0.5, 0.6) is 0 Å². The highest BCUT2D eigenvalue weighted by molar-refractivity contribution is 5.36. The molecule has 0 fully saturated rings. The van der Waals surface area contributed by atoms with Gasteiger partial charge in [0, 0.05) is 5.56 Å². The molecule has 2 N–H and O–H groups in total. The first-order valence-corrected chi connectivity index (χ1v) is 3.97. The van der Waals surface area contributed by atoms with Crippen molar-refractivity contribution < 1.29 is 4.84 Å². The fraction of sp³-hybridized carbons (Fsp3) is 0.0909. The van der Waals surface area contributed by atoms with Gasteiger partial charge < -0.3 is 4.84 Å². The summed E-state index contributed by atoms with van der Waals surface area (Å²) < 4.78 is 0. The molecule has 0 radical (unpaired) electrons. The van der Waals surface area contributed by atoms with E-state index in [4.69, 9.17) is 5.90 Å². The summed E-state index contributed by atoms with van der Waals surface area (Å²) in [7, 11) is 0. The number of rotatable bonds is 2. The predicted molar refractivity (Wildman–Crippen MR) is 52.6 cm³/mol. The highest BCUT2D eigenvalue weighted by Gasteiger charge is 1.78. The van der Waals surface area contributed by atoms with Crippen LogP contribution in [0.4, 0.5) is 0 Å². The molecular formula is C11H11NO. The minimum absolute atomic E-state index is 0.392. The van der Waals surface area contributed by atoms with Gasteiger partial charge in [0.25, 0.3) is 0 Å². The lowest BCUT2D eigenvalue weighted by molar-refractivity contribution is 0.168. The average molecular weight is 173 g/mol. The van der Waals surface area contributed by atoms with Gasteiger partial charge in [0.2, 0.25) is 0 Å². The maximum atomic E-state index is 4.82. The highest BCUT2D eigenvalue weighted by atomic mass is 16.6. The van der Waals surface area contributed by atoms with E-state index in [0.717, 1.165) is 5.56 Å². The van der Waals surface area contributed by atoms with Gasteiger partial charge in [-0.3, -0.25) is 0 Å². The molecule has 0 bridgehead atoms. The molecule has 1 aromatic carbocycles. The molecule has 13 heavy (non-hydrogen) atoms. The number of hydrogen-bond acceptors (Lipinski definition) is 2. The van der Waals surface area contributed by atoms with Crippen LogP contribution in [-0.2, 0) is 4.84 Å². The first-order valence-electron chi connectivity index (χ1n) is 3.97. The second-order valence-electron chi connectivity index (χ2n) is 2.37. The Hall–Kier alpha value is -1.56. The second-order valence-corrected chi connectivity index (χ2v) is 2.37. The Kier molecular flexibility index (Phi) is 4.41. The van der Waals surface area contributed by atoms with Crippen molar-refractivity contribution in [1.82, 2.24) is 0 Å². The standard InChI is InChI=1S/C11H11NO/c12-13-10-6-2-5-9-11-7-3-1-4-8-11/h1-4,6-8H,10,12H2. The molecule has 2 nitrogen and oxygen atoms in total. The topological polar surface area (TPSA) is 35.2 Å². The first-order chi connectivity index (χ1) is 6.43. The van der Waals surface area contributed by atoms with Gasteiger partial charge in [0.05, 0.1) is 6.61 Å². The highest BCUT2D eigenvalue weighted by Crippen LogP contribution is 1.94. The van der Waals surface area contributed by atoms with E-state index in [1.54, 1.807) is 12.2 Å². The number of allylic oxidation sites excluding steroid dienone is 1. The fourth-order valence-corrected chi connectivity index (χ4v) is 0.809. The van der Waals surface area contributed by atoms with Gasteiger partial charge in [-0.15, -0.1) is 0 Å². The Labute approximate surface area is 78.0 Å². The van der Waals surface area contributed by atoms with E-state index >= 15 is 0 Å². The SMILES string of the molecule is NOCC=CC#Cc1ccccc1. The summed E-state index contributed by atoms with van der Waals surface area (Å²) in [4.78, 5) is 4.34. The molecule has 0 spiro atoms. The van der Waals surface area contributed by atoms with Crippen molar-refractivity contribution in [3.05, 3.63) is 48.0 Å². The Morgan fingerprint density at radius 3 is 2.77 bits per heavy atom. The largest absolute Gasteiger partial charge is 0.300 e. The summed E-state index contributed by atoms with van der Waals surface area (Å²) in [5.74, 6) is 10.7. The summed E-state index contributed by atoms with van der Waals surface area (Å²) >= 11 is 0. The van der Waals surface area contributed by atoms with Gasteiger partial charge in [-0.05, 0) is 24.3 Å². The average Bonchev–Trinajstić information content (AvgIpc) is 2.19. The van der Waals surface area contributed by atoms with Crippen LogP contribution >= 0.6 is 0 Å². The Balaban J connectivity index is 2.49. The molecule has 2 heteroatoms. The van der Waals surface area contributed by atoms with E-state index in [-0.39, 0.29) is 0 Å². The van der Waals surface area contributed by atoms with Crippen molar-refractivity contribution in [1.29, 1.82) is 0 Å². The Morgan fingerprint density at radius 1 is 1.31 bits per heavy atom. The summed E-state index contributed by atoms with van der Waals surface area (Å²) in [6.07, 6.45) is 3.48. The lowest BCUT2D eigenvalue weighted by Gasteiger charge is -1.85. The third kappa shape index (κ3) is 4.12. The normalized spacial score (nSPS) is 9.62. The molecule has 0 aliphatic rings. The number of benzene rings is 1. The molecule has 1 rings (SSSR count). The van der Waals surface area contributed by atoms with E-state index < -0.39 is 0 Å². The van der Waals surface area contributed by atoms with Crippen LogP contribution in [0, 0.1) is 11.8 Å². The van der Waals surface area contributed by atoms with Crippen molar-refractivity contribution in [3.8, 4) is 11.8 Å². The smallest absolute Gasteiger partial charge is 0.0869 e. The predicted octanol–water partition coefficient (Wildman–Crippen LogP) is 1.48. The Bertz CT molecular complexity index is 319. The molecular weight excluding hydrogens is 162 g/mol. The van der Waals surface area contributed by atoms with E-state index in [0.29, 0.717) is 6.61 Å². The van der Waals surface area contributed by atoms with Gasteiger partial charge in [0.1, 0.15) is 0 Å². The van der Waals surface area contributed by atoms with Crippen molar-refractivity contribution in [2.24, 2.45) is 5.90 Å². The van der Waals surface area contributed by atoms with Crippen LogP contribution in [0.25, 0.3) is 0 Å². The first kappa shape index (κ1) is 9.53. The molecule has 0 saturated heterocycles. The summed E-state index contributed by atoms with van der Waals surface area (Å²) in [6, 6.07) is 9.79. The van der Waals surface area contributed by atoms with Crippen molar-refractivity contribution in [2.45, 2.75) is 0 Å². The van der Waals surface area contributed by atoms with Gasteiger partial charge in [-0.25, -0.2) is 5.90 Å². The molecule has 0 aromatic heterocycles. The maximum absolute atomic E-state index is 4.82. The monoisotopic (exact) mass is 173 g/mol. The third-order valence-corrected chi connectivity index (χ3v) is 1.38. The molecule has 0 amide bonds. The third-order valence-electron chi connectivity index (χ3n) is 1.38. The van der Waals surface area contributed by atoms with Crippen molar-refractivity contribution >= 4 is 0 Å². The minimum Gasteiger partial charge on any atom is -0.300 e. The van der Waals surface area contributed by atoms with Crippen LogP contribution in [0.3, 0.4) is 0 Å². The molecule has 0 aliphatic heterocycles. The molecule has 0 unspecified atom stereocenters.